The van der Waals surface area contributed by atoms with E-state index in [0.29, 0.717) is 4.96 Å². The van der Waals surface area contributed by atoms with Crippen LogP contribution in [-0.2, 0) is 9.53 Å². The first-order chi connectivity index (χ1) is 8.63. The lowest BCUT2D eigenvalue weighted by Crippen LogP contribution is -2.10. The van der Waals surface area contributed by atoms with Crippen molar-refractivity contribution in [3.8, 4) is 0 Å². The van der Waals surface area contributed by atoms with E-state index in [1.807, 2.05) is 0 Å². The van der Waals surface area contributed by atoms with Gasteiger partial charge in [-0.25, -0.2) is 0 Å². The summed E-state index contributed by atoms with van der Waals surface area (Å²) >= 11 is 1.30. The maximum atomic E-state index is 11.0. The van der Waals surface area contributed by atoms with Crippen LogP contribution in [0.25, 0.3) is 4.96 Å². The molecule has 2 heterocycles. The van der Waals surface area contributed by atoms with Crippen molar-refractivity contribution in [2.24, 2.45) is 0 Å². The number of rotatable bonds is 5. The number of esters is 1. The Morgan fingerprint density at radius 2 is 2.50 bits per heavy atom. The third-order valence-electron chi connectivity index (χ3n) is 2.26. The number of thiazole rings is 1. The highest BCUT2D eigenvalue weighted by atomic mass is 32.1. The number of nitrogens with one attached hydrogen (secondary N) is 1. The molecule has 0 fully saturated rings. The van der Waals surface area contributed by atoms with Crippen LogP contribution < -0.4 is 5.32 Å². The molecule has 18 heavy (non-hydrogen) atoms. The van der Waals surface area contributed by atoms with Gasteiger partial charge in [0.05, 0.1) is 13.5 Å². The predicted molar refractivity (Wildman–Crippen MR) is 64.8 cm³/mol. The molecule has 0 spiro atoms. The largest absolute Gasteiger partial charge is 0.469 e. The van der Waals surface area contributed by atoms with Gasteiger partial charge in [-0.3, -0.25) is 4.79 Å². The standard InChI is InChI=1S/C9H10N4O4S/c1-17-6(14)2-3-10-7-8(13(15)16)12-4-5-18-9(12)11-7/h4-5,10H,2-3H2,1H3. The first-order valence-electron chi connectivity index (χ1n) is 5.04. The molecule has 0 unspecified atom stereocenters. The lowest BCUT2D eigenvalue weighted by molar-refractivity contribution is -0.389. The molecular formula is C9H10N4O4S. The van der Waals surface area contributed by atoms with Gasteiger partial charge in [0.1, 0.15) is 6.20 Å². The third-order valence-corrected chi connectivity index (χ3v) is 3.02. The molecule has 0 aliphatic heterocycles. The van der Waals surface area contributed by atoms with E-state index in [9.17, 15) is 14.9 Å². The van der Waals surface area contributed by atoms with Gasteiger partial charge in [-0.1, -0.05) is 11.3 Å². The molecule has 0 atom stereocenters. The Hall–Kier alpha value is -2.16. The van der Waals surface area contributed by atoms with Crippen molar-refractivity contribution >= 4 is 33.9 Å². The van der Waals surface area contributed by atoms with E-state index in [4.69, 9.17) is 0 Å². The van der Waals surface area contributed by atoms with E-state index in [-0.39, 0.29) is 30.6 Å². The number of imidazole rings is 1. The van der Waals surface area contributed by atoms with Crippen molar-refractivity contribution in [2.45, 2.75) is 6.42 Å². The summed E-state index contributed by atoms with van der Waals surface area (Å²) in [5, 5.41) is 15.4. The molecule has 2 rings (SSSR count). The summed E-state index contributed by atoms with van der Waals surface area (Å²) in [7, 11) is 1.29. The Kier molecular flexibility index (Phi) is 3.42. The number of ether oxygens (including phenoxy) is 1. The van der Waals surface area contributed by atoms with Crippen LogP contribution in [0, 0.1) is 10.1 Å². The molecular weight excluding hydrogens is 260 g/mol. The zero-order valence-electron chi connectivity index (χ0n) is 9.45. The Labute approximate surface area is 105 Å². The van der Waals surface area contributed by atoms with Crippen LogP contribution in [0.2, 0.25) is 0 Å². The second-order valence-corrected chi connectivity index (χ2v) is 4.22. The number of hydrogen-bond donors (Lipinski definition) is 1. The molecule has 2 aromatic rings. The van der Waals surface area contributed by atoms with Gasteiger partial charge in [0.2, 0.25) is 5.82 Å². The summed E-state index contributed by atoms with van der Waals surface area (Å²) < 4.78 is 5.87. The van der Waals surface area contributed by atoms with Crippen LogP contribution in [0.3, 0.4) is 0 Å². The summed E-state index contributed by atoms with van der Waals surface area (Å²) in [4.78, 5) is 26.0. The van der Waals surface area contributed by atoms with Crippen LogP contribution in [-0.4, -0.2) is 33.9 Å². The van der Waals surface area contributed by atoms with Gasteiger partial charge in [-0.05, 0) is 4.92 Å². The van der Waals surface area contributed by atoms with Gasteiger partial charge < -0.3 is 20.2 Å². The smallest absolute Gasteiger partial charge is 0.372 e. The fraction of sp³-hybridized carbons (Fsp3) is 0.333. The average Bonchev–Trinajstić information content (AvgIpc) is 2.87. The summed E-state index contributed by atoms with van der Waals surface area (Å²) in [5.41, 5.74) is 0. The molecule has 0 bridgehead atoms. The molecule has 0 aromatic carbocycles. The lowest BCUT2D eigenvalue weighted by Gasteiger charge is -2.02. The average molecular weight is 270 g/mol. The second-order valence-electron chi connectivity index (χ2n) is 3.35. The van der Waals surface area contributed by atoms with E-state index >= 15 is 0 Å². The molecule has 0 saturated heterocycles. The Morgan fingerprint density at radius 3 is 3.17 bits per heavy atom. The minimum atomic E-state index is -0.507. The number of carbonyl (C=O) groups excluding carboxylic acids is 1. The van der Waals surface area contributed by atoms with Crippen LogP contribution in [0.5, 0.6) is 0 Å². The van der Waals surface area contributed by atoms with Crippen molar-refractivity contribution in [1.29, 1.82) is 0 Å². The first kappa shape index (κ1) is 12.3. The van der Waals surface area contributed by atoms with Crippen LogP contribution in [0.15, 0.2) is 11.6 Å². The zero-order valence-corrected chi connectivity index (χ0v) is 10.3. The van der Waals surface area contributed by atoms with Gasteiger partial charge >= 0.3 is 11.8 Å². The van der Waals surface area contributed by atoms with Crippen LogP contribution >= 0.6 is 11.3 Å². The lowest BCUT2D eigenvalue weighted by atomic mass is 10.4. The Morgan fingerprint density at radius 1 is 1.72 bits per heavy atom. The highest BCUT2D eigenvalue weighted by Gasteiger charge is 2.23. The van der Waals surface area contributed by atoms with Crippen molar-refractivity contribution in [3.63, 3.8) is 0 Å². The SMILES string of the molecule is COC(=O)CCNc1nc2sccn2c1[N+](=O)[O-]. The number of nitrogens with zero attached hydrogens (tertiary/aromatic N) is 3. The van der Waals surface area contributed by atoms with E-state index < -0.39 is 4.92 Å². The van der Waals surface area contributed by atoms with Gasteiger partial charge in [0.25, 0.3) is 4.96 Å². The number of carbonyl (C=O) groups is 1. The summed E-state index contributed by atoms with van der Waals surface area (Å²) in [6, 6.07) is 0. The van der Waals surface area contributed by atoms with Crippen molar-refractivity contribution < 1.29 is 14.5 Å². The highest BCUT2D eigenvalue weighted by Crippen LogP contribution is 2.27. The van der Waals surface area contributed by atoms with Gasteiger partial charge in [-0.2, -0.15) is 9.38 Å². The molecule has 0 aliphatic rings. The third kappa shape index (κ3) is 2.25. The molecule has 1 N–H and O–H groups in total. The van der Waals surface area contributed by atoms with Crippen molar-refractivity contribution in [1.82, 2.24) is 9.38 Å². The summed E-state index contributed by atoms with van der Waals surface area (Å²) in [6.45, 7) is 0.234. The highest BCUT2D eigenvalue weighted by molar-refractivity contribution is 7.15. The Bertz CT molecular complexity index is 590. The molecule has 9 heteroatoms. The maximum Gasteiger partial charge on any atom is 0.372 e. The number of hydrogen-bond acceptors (Lipinski definition) is 7. The quantitative estimate of drug-likeness (QED) is 0.499. The number of methoxy groups -OCH3 is 1. The topological polar surface area (TPSA) is 98.8 Å². The zero-order chi connectivity index (χ0) is 13.1. The van der Waals surface area contributed by atoms with Crippen molar-refractivity contribution in [3.05, 3.63) is 21.7 Å². The molecule has 2 aromatic heterocycles. The van der Waals surface area contributed by atoms with E-state index in [2.05, 4.69) is 15.0 Å². The molecule has 0 aliphatic carbocycles. The molecule has 0 amide bonds. The number of nitro groups is 1. The predicted octanol–water partition coefficient (Wildman–Crippen LogP) is 1.28. The number of aromatic nitrogens is 2. The summed E-state index contributed by atoms with van der Waals surface area (Å²) in [5.74, 6) is -0.349. The minimum Gasteiger partial charge on any atom is -0.469 e. The van der Waals surface area contributed by atoms with Crippen molar-refractivity contribution in [2.75, 3.05) is 19.0 Å². The van der Waals surface area contributed by atoms with E-state index in [1.165, 1.54) is 22.8 Å². The first-order valence-corrected chi connectivity index (χ1v) is 5.92. The number of anilines is 1. The fourth-order valence-corrected chi connectivity index (χ4v) is 2.16. The van der Waals surface area contributed by atoms with E-state index in [0.717, 1.165) is 0 Å². The molecule has 8 nitrogen and oxygen atoms in total. The Balaban J connectivity index is 2.17. The molecule has 0 radical (unpaired) electrons. The molecule has 96 valence electrons. The molecule has 0 saturated carbocycles. The maximum absolute atomic E-state index is 11.0. The van der Waals surface area contributed by atoms with Gasteiger partial charge in [0.15, 0.2) is 0 Å². The minimum absolute atomic E-state index is 0.124. The monoisotopic (exact) mass is 270 g/mol. The normalized spacial score (nSPS) is 10.5. The summed E-state index contributed by atoms with van der Waals surface area (Å²) in [6.07, 6.45) is 1.70. The van der Waals surface area contributed by atoms with E-state index in [1.54, 1.807) is 11.6 Å². The number of fused-ring (bicyclic) bond motifs is 1. The van der Waals surface area contributed by atoms with Gasteiger partial charge in [-0.15, -0.1) is 0 Å². The van der Waals surface area contributed by atoms with Gasteiger partial charge in [0, 0.05) is 11.9 Å². The van der Waals surface area contributed by atoms with Crippen LogP contribution in [0.4, 0.5) is 11.6 Å². The second kappa shape index (κ2) is 5.00. The fourth-order valence-electron chi connectivity index (χ4n) is 1.45. The van der Waals surface area contributed by atoms with Crippen LogP contribution in [0.1, 0.15) is 6.42 Å².